The van der Waals surface area contributed by atoms with E-state index in [4.69, 9.17) is 0 Å². The number of allylic oxidation sites excluding steroid dienone is 8. The van der Waals surface area contributed by atoms with E-state index in [1.807, 2.05) is 6.66 Å². The summed E-state index contributed by atoms with van der Waals surface area (Å²) in [5.74, 6) is 0. The summed E-state index contributed by atoms with van der Waals surface area (Å²) >= 11 is -2.62. The van der Waals surface area contributed by atoms with Gasteiger partial charge in [-0.1, -0.05) is 0 Å². The summed E-state index contributed by atoms with van der Waals surface area (Å²) in [5.41, 5.74) is 0. The van der Waals surface area contributed by atoms with E-state index in [9.17, 15) is 0 Å². The Kier molecular flexibility index (Phi) is 5.73. The molecule has 0 saturated heterocycles. The van der Waals surface area contributed by atoms with Gasteiger partial charge in [-0.15, -0.1) is 0 Å². The van der Waals surface area contributed by atoms with Crippen LogP contribution in [0.5, 0.6) is 0 Å². The molecule has 0 aromatic rings. The SMILES string of the molecule is [CH3][Hf+2]([CH3])([SiH3])([C]1=CC=CC1)[C]1=CC=CC1.[Cl-].[Cl-]. The van der Waals surface area contributed by atoms with Crippen LogP contribution in [0.2, 0.25) is 9.36 Å². The molecule has 0 amide bonds. The molecule has 0 spiro atoms. The first-order valence-electron chi connectivity index (χ1n) is 5.43. The molecule has 0 N–H and O–H groups in total. The van der Waals surface area contributed by atoms with E-state index in [0.29, 0.717) is 0 Å². The molecule has 0 aromatic carbocycles. The number of rotatable bonds is 2. The van der Waals surface area contributed by atoms with Crippen molar-refractivity contribution in [1.82, 2.24) is 0 Å². The first-order chi connectivity index (χ1) is 6.49. The zero-order chi connectivity index (χ0) is 10.3. The Hall–Kier alpha value is 0.627. The minimum Gasteiger partial charge on any atom is -1.00 e. The van der Waals surface area contributed by atoms with Crippen LogP contribution >= 0.6 is 0 Å². The summed E-state index contributed by atoms with van der Waals surface area (Å²) in [6.07, 6.45) is 16.4. The summed E-state index contributed by atoms with van der Waals surface area (Å²) in [6, 6.07) is 0. The number of halogens is 2. The van der Waals surface area contributed by atoms with Gasteiger partial charge in [0.1, 0.15) is 0 Å². The van der Waals surface area contributed by atoms with E-state index >= 15 is 0 Å². The Labute approximate surface area is 114 Å². The van der Waals surface area contributed by atoms with Gasteiger partial charge in [0.15, 0.2) is 0 Å². The molecule has 4 heteroatoms. The van der Waals surface area contributed by atoms with Crippen LogP contribution in [0.25, 0.3) is 0 Å². The summed E-state index contributed by atoms with van der Waals surface area (Å²) in [7, 11) is 1.40. The molecule has 0 bridgehead atoms. The fourth-order valence-electron chi connectivity index (χ4n) is 2.40. The Morgan fingerprint density at radius 2 is 1.31 bits per heavy atom. The van der Waals surface area contributed by atoms with E-state index in [-0.39, 0.29) is 24.8 Å². The first-order valence-corrected chi connectivity index (χ1v) is 28.0. The van der Waals surface area contributed by atoms with Crippen molar-refractivity contribution in [2.45, 2.75) is 22.2 Å². The molecule has 89 valence electrons. The molecule has 0 radical (unpaired) electrons. The molecule has 2 aliphatic rings. The summed E-state index contributed by atoms with van der Waals surface area (Å²) in [4.78, 5) is 0. The molecule has 0 unspecified atom stereocenters. The third-order valence-corrected chi connectivity index (χ3v) is 33.1. The van der Waals surface area contributed by atoms with Crippen molar-refractivity contribution >= 4 is 7.43 Å². The van der Waals surface area contributed by atoms with Crippen LogP contribution in [0.3, 0.4) is 0 Å². The van der Waals surface area contributed by atoms with Gasteiger partial charge in [-0.2, -0.15) is 0 Å². The molecule has 0 fully saturated rings. The maximum absolute atomic E-state index is 2.63. The van der Waals surface area contributed by atoms with E-state index in [0.717, 1.165) is 0 Å². The topological polar surface area (TPSA) is 0 Å². The van der Waals surface area contributed by atoms with E-state index in [2.05, 4.69) is 45.8 Å². The fourth-order valence-corrected chi connectivity index (χ4v) is 20.8. The molecule has 2 aliphatic carbocycles. The predicted octanol–water partition coefficient (Wildman–Crippen LogP) is -3.25. The third kappa shape index (κ3) is 2.90. The van der Waals surface area contributed by atoms with Gasteiger partial charge in [0.25, 0.3) is 0 Å². The van der Waals surface area contributed by atoms with Gasteiger partial charge >= 0.3 is 90.4 Å². The second kappa shape index (κ2) is 5.51. The van der Waals surface area contributed by atoms with Crippen LogP contribution in [-0.2, 0) is 17.7 Å². The maximum atomic E-state index is 2.63. The van der Waals surface area contributed by atoms with Crippen LogP contribution in [0.15, 0.2) is 43.1 Å². The minimum atomic E-state index is -2.62. The smallest absolute Gasteiger partial charge is 1.00 e. The second-order valence-corrected chi connectivity index (χ2v) is 57.4. The summed E-state index contributed by atoms with van der Waals surface area (Å²) < 4.78 is 8.87. The molecule has 0 saturated carbocycles. The molecule has 2 rings (SSSR count). The average molecular weight is 441 g/mol. The van der Waals surface area contributed by atoms with Crippen molar-refractivity contribution in [3.05, 3.63) is 43.1 Å². The van der Waals surface area contributed by atoms with Crippen LogP contribution in [0.1, 0.15) is 12.8 Å². The zero-order valence-electron chi connectivity index (χ0n) is 10.1. The van der Waals surface area contributed by atoms with Gasteiger partial charge in [0.2, 0.25) is 0 Å². The van der Waals surface area contributed by atoms with Crippen molar-refractivity contribution < 1.29 is 42.5 Å². The Morgan fingerprint density at radius 3 is 1.56 bits per heavy atom. The Balaban J connectivity index is 0.00000112. The van der Waals surface area contributed by atoms with Crippen molar-refractivity contribution in [2.75, 3.05) is 0 Å². The van der Waals surface area contributed by atoms with Crippen LogP contribution < -0.4 is 24.8 Å². The first kappa shape index (κ1) is 16.6. The molecule has 0 aromatic heterocycles. The maximum Gasteiger partial charge on any atom is -1.00 e. The second-order valence-electron chi connectivity index (χ2n) is 5.77. The van der Waals surface area contributed by atoms with E-state index < -0.39 is 17.7 Å². The molecule has 0 heterocycles. The fraction of sp³-hybridized carbons (Fsp3) is 0.333. The van der Waals surface area contributed by atoms with E-state index in [1.54, 1.807) is 0 Å². The Bertz CT molecular complexity index is 350. The normalized spacial score (nSPS) is 18.9. The van der Waals surface area contributed by atoms with Gasteiger partial charge in [-0.3, -0.25) is 0 Å². The van der Waals surface area contributed by atoms with E-state index in [1.165, 1.54) is 20.3 Å². The molecule has 0 aliphatic heterocycles. The molecule has 0 atom stereocenters. The largest absolute Gasteiger partial charge is 1.00 e. The molecule has 16 heavy (non-hydrogen) atoms. The van der Waals surface area contributed by atoms with Gasteiger partial charge < -0.3 is 24.8 Å². The van der Waals surface area contributed by atoms with Crippen molar-refractivity contribution in [2.24, 2.45) is 0 Å². The summed E-state index contributed by atoms with van der Waals surface area (Å²) in [6.45, 7) is 0. The predicted molar refractivity (Wildman–Crippen MR) is 65.3 cm³/mol. The van der Waals surface area contributed by atoms with Crippen LogP contribution in [-0.4, -0.2) is 7.43 Å². The summed E-state index contributed by atoms with van der Waals surface area (Å²) in [5, 5.41) is 0. The standard InChI is InChI=1S/2C5H5.2CH3.2ClH.Hf.H3Si/c2*1-2-4-5-3-1;;;;;;/h2*1-3H,4H2;2*1H3;2*1H;;1H3/q;;;;;;+2;/p-2. The van der Waals surface area contributed by atoms with Gasteiger partial charge in [-0.05, 0) is 0 Å². The quantitative estimate of drug-likeness (QED) is 0.396. The van der Waals surface area contributed by atoms with Crippen LogP contribution in [0.4, 0.5) is 0 Å². The van der Waals surface area contributed by atoms with Crippen molar-refractivity contribution in [3.8, 4) is 0 Å². The molecular formula is C12H19Cl2HfSi. The average Bonchev–Trinajstić information content (AvgIpc) is 2.78. The van der Waals surface area contributed by atoms with Gasteiger partial charge in [0.05, 0.1) is 0 Å². The number of hydrogen-bond donors (Lipinski definition) is 0. The van der Waals surface area contributed by atoms with Gasteiger partial charge in [-0.25, -0.2) is 0 Å². The van der Waals surface area contributed by atoms with Crippen molar-refractivity contribution in [3.63, 3.8) is 0 Å². The Morgan fingerprint density at radius 1 is 0.938 bits per heavy atom. The molecule has 0 nitrogen and oxygen atoms in total. The van der Waals surface area contributed by atoms with Crippen molar-refractivity contribution in [1.29, 1.82) is 0 Å². The van der Waals surface area contributed by atoms with Gasteiger partial charge in [0, 0.05) is 0 Å². The molecular weight excluding hydrogens is 422 g/mol. The monoisotopic (exact) mass is 441 g/mol. The minimum absolute atomic E-state index is 0. The third-order valence-electron chi connectivity index (χ3n) is 3.79. The number of hydrogen-bond acceptors (Lipinski definition) is 0. The van der Waals surface area contributed by atoms with Crippen LogP contribution in [0, 0.1) is 0 Å². The zero-order valence-corrected chi connectivity index (χ0v) is 17.2.